The van der Waals surface area contributed by atoms with E-state index in [0.717, 1.165) is 17.6 Å². The number of nitrogens with one attached hydrogen (secondary N) is 1. The van der Waals surface area contributed by atoms with E-state index in [9.17, 15) is 0 Å². The van der Waals surface area contributed by atoms with Crippen LogP contribution in [-0.4, -0.2) is 6.54 Å². The number of rotatable bonds is 4. The molecule has 1 nitrogen and oxygen atoms in total. The zero-order chi connectivity index (χ0) is 9.52. The van der Waals surface area contributed by atoms with Crippen molar-refractivity contribution in [3.05, 3.63) is 52.7 Å². The minimum absolute atomic E-state index is 0.819. The maximum Gasteiger partial charge on any atom is 0.0213 e. The molecule has 1 rings (SSSR count). The zero-order valence-corrected chi connectivity index (χ0v) is 8.97. The molecular formula is C11H12BrN. The van der Waals surface area contributed by atoms with E-state index >= 15 is 0 Å². The lowest BCUT2D eigenvalue weighted by molar-refractivity contribution is 0.760. The SMILES string of the molecule is C=C=CCNCc1ccc(Br)cc1. The molecule has 0 bridgehead atoms. The Kier molecular flexibility index (Phi) is 4.55. The van der Waals surface area contributed by atoms with Crippen LogP contribution in [0, 0.1) is 0 Å². The molecule has 0 atom stereocenters. The van der Waals surface area contributed by atoms with Crippen LogP contribution in [0.25, 0.3) is 0 Å². The highest BCUT2D eigenvalue weighted by Crippen LogP contribution is 2.09. The van der Waals surface area contributed by atoms with Crippen LogP contribution in [0.3, 0.4) is 0 Å². The highest BCUT2D eigenvalue weighted by atomic mass is 79.9. The molecule has 0 heterocycles. The monoisotopic (exact) mass is 237 g/mol. The third kappa shape index (κ3) is 4.09. The summed E-state index contributed by atoms with van der Waals surface area (Å²) in [6, 6.07) is 8.27. The Bertz CT molecular complexity index is 296. The van der Waals surface area contributed by atoms with Gasteiger partial charge in [0.25, 0.3) is 0 Å². The Morgan fingerprint density at radius 2 is 2.08 bits per heavy atom. The summed E-state index contributed by atoms with van der Waals surface area (Å²) < 4.78 is 1.11. The highest BCUT2D eigenvalue weighted by molar-refractivity contribution is 9.10. The molecule has 0 aliphatic heterocycles. The van der Waals surface area contributed by atoms with Crippen molar-refractivity contribution in [2.45, 2.75) is 6.54 Å². The van der Waals surface area contributed by atoms with E-state index in [0.29, 0.717) is 0 Å². The van der Waals surface area contributed by atoms with E-state index in [2.05, 4.69) is 45.7 Å². The largest absolute Gasteiger partial charge is 0.309 e. The molecule has 0 aliphatic rings. The van der Waals surface area contributed by atoms with Crippen molar-refractivity contribution in [3.8, 4) is 0 Å². The molecule has 1 aromatic rings. The second kappa shape index (κ2) is 5.76. The molecule has 68 valence electrons. The molecule has 1 aromatic carbocycles. The van der Waals surface area contributed by atoms with Gasteiger partial charge >= 0.3 is 0 Å². The molecule has 0 saturated heterocycles. The first-order valence-corrected chi connectivity index (χ1v) is 4.91. The summed E-state index contributed by atoms with van der Waals surface area (Å²) in [7, 11) is 0. The van der Waals surface area contributed by atoms with Crippen molar-refractivity contribution >= 4 is 15.9 Å². The first-order chi connectivity index (χ1) is 6.33. The quantitative estimate of drug-likeness (QED) is 0.628. The molecule has 0 saturated carbocycles. The van der Waals surface area contributed by atoms with Crippen LogP contribution in [0.5, 0.6) is 0 Å². The van der Waals surface area contributed by atoms with Crippen LogP contribution in [0.1, 0.15) is 5.56 Å². The maximum atomic E-state index is 3.49. The van der Waals surface area contributed by atoms with Gasteiger partial charge in [0.1, 0.15) is 0 Å². The number of halogens is 1. The average molecular weight is 238 g/mol. The molecule has 1 N–H and O–H groups in total. The van der Waals surface area contributed by atoms with Crippen molar-refractivity contribution in [1.29, 1.82) is 0 Å². The van der Waals surface area contributed by atoms with E-state index in [1.54, 1.807) is 0 Å². The van der Waals surface area contributed by atoms with Gasteiger partial charge in [-0.1, -0.05) is 34.6 Å². The summed E-state index contributed by atoms with van der Waals surface area (Å²) >= 11 is 3.39. The van der Waals surface area contributed by atoms with Crippen molar-refractivity contribution in [3.63, 3.8) is 0 Å². The maximum absolute atomic E-state index is 3.49. The molecule has 0 unspecified atom stereocenters. The van der Waals surface area contributed by atoms with Crippen molar-refractivity contribution in [2.75, 3.05) is 6.54 Å². The van der Waals surface area contributed by atoms with Crippen molar-refractivity contribution in [1.82, 2.24) is 5.32 Å². The third-order valence-electron chi connectivity index (χ3n) is 1.63. The van der Waals surface area contributed by atoms with E-state index < -0.39 is 0 Å². The standard InChI is InChI=1S/C11H12BrN/c1-2-3-8-13-9-10-4-6-11(12)7-5-10/h3-7,13H,1,8-9H2. The minimum Gasteiger partial charge on any atom is -0.309 e. The van der Waals surface area contributed by atoms with Gasteiger partial charge in [0, 0.05) is 17.6 Å². The predicted octanol–water partition coefficient (Wildman–Crippen LogP) is 2.88. The molecule has 0 fully saturated rings. The lowest BCUT2D eigenvalue weighted by Crippen LogP contribution is -2.12. The lowest BCUT2D eigenvalue weighted by atomic mass is 10.2. The van der Waals surface area contributed by atoms with Crippen LogP contribution in [-0.2, 0) is 6.54 Å². The van der Waals surface area contributed by atoms with Gasteiger partial charge in [0.05, 0.1) is 0 Å². The minimum atomic E-state index is 0.819. The first-order valence-electron chi connectivity index (χ1n) is 4.12. The average Bonchev–Trinajstić information content (AvgIpc) is 2.15. The number of hydrogen-bond donors (Lipinski definition) is 1. The van der Waals surface area contributed by atoms with Crippen LogP contribution in [0.15, 0.2) is 47.1 Å². The van der Waals surface area contributed by atoms with Crippen molar-refractivity contribution in [2.24, 2.45) is 0 Å². The van der Waals surface area contributed by atoms with Crippen LogP contribution in [0.4, 0.5) is 0 Å². The molecule has 13 heavy (non-hydrogen) atoms. The van der Waals surface area contributed by atoms with E-state index in [4.69, 9.17) is 0 Å². The van der Waals surface area contributed by atoms with Crippen LogP contribution < -0.4 is 5.32 Å². The summed E-state index contributed by atoms with van der Waals surface area (Å²) in [6.45, 7) is 5.19. The van der Waals surface area contributed by atoms with Gasteiger partial charge in [0.2, 0.25) is 0 Å². The Labute approximate surface area is 87.3 Å². The molecule has 0 spiro atoms. The van der Waals surface area contributed by atoms with E-state index in [1.165, 1.54) is 5.56 Å². The Morgan fingerprint density at radius 1 is 1.38 bits per heavy atom. The summed E-state index contributed by atoms with van der Waals surface area (Å²) in [6.07, 6.45) is 1.87. The number of benzene rings is 1. The van der Waals surface area contributed by atoms with Gasteiger partial charge in [-0.2, -0.15) is 0 Å². The Morgan fingerprint density at radius 3 is 2.69 bits per heavy atom. The topological polar surface area (TPSA) is 12.0 Å². The van der Waals surface area contributed by atoms with Crippen molar-refractivity contribution < 1.29 is 0 Å². The van der Waals surface area contributed by atoms with Gasteiger partial charge in [-0.05, 0) is 23.8 Å². The number of hydrogen-bond acceptors (Lipinski definition) is 1. The van der Waals surface area contributed by atoms with Crippen LogP contribution >= 0.6 is 15.9 Å². The van der Waals surface area contributed by atoms with Crippen LogP contribution in [0.2, 0.25) is 0 Å². The molecular weight excluding hydrogens is 226 g/mol. The normalized spacial score (nSPS) is 9.31. The second-order valence-electron chi connectivity index (χ2n) is 2.67. The third-order valence-corrected chi connectivity index (χ3v) is 2.16. The lowest BCUT2D eigenvalue weighted by Gasteiger charge is -2.01. The van der Waals surface area contributed by atoms with Gasteiger partial charge in [-0.3, -0.25) is 0 Å². The molecule has 2 heteroatoms. The van der Waals surface area contributed by atoms with E-state index in [-0.39, 0.29) is 0 Å². The summed E-state index contributed by atoms with van der Waals surface area (Å²) in [5, 5.41) is 3.25. The molecule has 0 aromatic heterocycles. The summed E-state index contributed by atoms with van der Waals surface area (Å²) in [5.41, 5.74) is 4.00. The molecule has 0 aliphatic carbocycles. The second-order valence-corrected chi connectivity index (χ2v) is 3.58. The fourth-order valence-corrected chi connectivity index (χ4v) is 1.23. The van der Waals surface area contributed by atoms with Gasteiger partial charge in [-0.25, -0.2) is 0 Å². The fraction of sp³-hybridized carbons (Fsp3) is 0.182. The fourth-order valence-electron chi connectivity index (χ4n) is 0.963. The predicted molar refractivity (Wildman–Crippen MR) is 59.6 cm³/mol. The first kappa shape index (κ1) is 10.3. The zero-order valence-electron chi connectivity index (χ0n) is 7.39. The van der Waals surface area contributed by atoms with Gasteiger partial charge in [0.15, 0.2) is 0 Å². The smallest absolute Gasteiger partial charge is 0.0213 e. The van der Waals surface area contributed by atoms with Gasteiger partial charge in [-0.15, -0.1) is 5.73 Å². The van der Waals surface area contributed by atoms with E-state index in [1.807, 2.05) is 18.2 Å². The summed E-state index contributed by atoms with van der Waals surface area (Å²) in [4.78, 5) is 0. The highest BCUT2D eigenvalue weighted by Gasteiger charge is 1.90. The Balaban J connectivity index is 2.37. The molecule has 0 radical (unpaired) electrons. The summed E-state index contributed by atoms with van der Waals surface area (Å²) in [5.74, 6) is 0. The Hall–Kier alpha value is -0.820. The van der Waals surface area contributed by atoms with Gasteiger partial charge < -0.3 is 5.32 Å². The molecule has 0 amide bonds.